The van der Waals surface area contributed by atoms with Crippen molar-refractivity contribution in [3.63, 3.8) is 0 Å². The average Bonchev–Trinajstić information content (AvgIpc) is 2.76. The van der Waals surface area contributed by atoms with Gasteiger partial charge in [-0.25, -0.2) is 14.1 Å². The van der Waals surface area contributed by atoms with Gasteiger partial charge in [-0.2, -0.15) is 10.1 Å². The predicted molar refractivity (Wildman–Crippen MR) is 75.0 cm³/mol. The first-order chi connectivity index (χ1) is 9.54. The summed E-state index contributed by atoms with van der Waals surface area (Å²) < 4.78 is 14.8. The SMILES string of the molecule is Cc1cc(F)ccc1Cn1ncc2c(Cl)nc(N)nc21. The minimum atomic E-state index is -0.258. The van der Waals surface area contributed by atoms with Crippen LogP contribution in [0.3, 0.4) is 0 Å². The van der Waals surface area contributed by atoms with Crippen LogP contribution in [0.5, 0.6) is 0 Å². The smallest absolute Gasteiger partial charge is 0.223 e. The molecule has 7 heteroatoms. The van der Waals surface area contributed by atoms with Crippen molar-refractivity contribution in [2.75, 3.05) is 5.73 Å². The largest absolute Gasteiger partial charge is 0.368 e. The second-order valence-corrected chi connectivity index (χ2v) is 4.84. The fourth-order valence-electron chi connectivity index (χ4n) is 2.05. The van der Waals surface area contributed by atoms with E-state index in [1.54, 1.807) is 16.9 Å². The molecule has 0 fully saturated rings. The van der Waals surface area contributed by atoms with Gasteiger partial charge in [0.1, 0.15) is 11.0 Å². The lowest BCUT2D eigenvalue weighted by Gasteiger charge is -2.07. The maximum absolute atomic E-state index is 13.1. The van der Waals surface area contributed by atoms with E-state index >= 15 is 0 Å². The van der Waals surface area contributed by atoms with Crippen LogP contribution in [0, 0.1) is 12.7 Å². The van der Waals surface area contributed by atoms with Crippen molar-refractivity contribution >= 4 is 28.6 Å². The highest BCUT2D eigenvalue weighted by atomic mass is 35.5. The third kappa shape index (κ3) is 2.18. The zero-order valence-electron chi connectivity index (χ0n) is 10.6. The molecule has 0 aliphatic carbocycles. The maximum atomic E-state index is 13.1. The summed E-state index contributed by atoms with van der Waals surface area (Å²) in [5.41, 5.74) is 7.96. The van der Waals surface area contributed by atoms with Gasteiger partial charge >= 0.3 is 0 Å². The van der Waals surface area contributed by atoms with Crippen LogP contribution in [0.1, 0.15) is 11.1 Å². The van der Waals surface area contributed by atoms with Crippen molar-refractivity contribution in [1.82, 2.24) is 19.7 Å². The van der Waals surface area contributed by atoms with Crippen LogP contribution in [0.25, 0.3) is 11.0 Å². The van der Waals surface area contributed by atoms with Gasteiger partial charge in [0.05, 0.1) is 18.1 Å². The fraction of sp³-hybridized carbons (Fsp3) is 0.154. The molecule has 0 amide bonds. The lowest BCUT2D eigenvalue weighted by atomic mass is 10.1. The second kappa shape index (κ2) is 4.72. The standard InChI is InChI=1S/C13H11ClFN5/c1-7-4-9(15)3-2-8(7)6-20-12-10(5-17-20)11(14)18-13(16)19-12/h2-5H,6H2,1H3,(H2,16,18,19). The molecule has 2 heterocycles. The van der Waals surface area contributed by atoms with Gasteiger partial charge in [0.2, 0.25) is 5.95 Å². The number of nitrogen functional groups attached to an aromatic ring is 1. The van der Waals surface area contributed by atoms with Gasteiger partial charge in [0, 0.05) is 0 Å². The summed E-state index contributed by atoms with van der Waals surface area (Å²) in [6, 6.07) is 4.63. The summed E-state index contributed by atoms with van der Waals surface area (Å²) in [6.45, 7) is 2.31. The second-order valence-electron chi connectivity index (χ2n) is 4.48. The number of benzene rings is 1. The van der Waals surface area contributed by atoms with Crippen LogP contribution >= 0.6 is 11.6 Å². The normalized spacial score (nSPS) is 11.2. The molecule has 102 valence electrons. The van der Waals surface area contributed by atoms with Gasteiger partial charge in [0.15, 0.2) is 5.65 Å². The van der Waals surface area contributed by atoms with Crippen molar-refractivity contribution in [2.24, 2.45) is 0 Å². The Hall–Kier alpha value is -2.21. The molecule has 0 saturated carbocycles. The first kappa shape index (κ1) is 12.8. The zero-order valence-corrected chi connectivity index (χ0v) is 11.4. The molecule has 0 bridgehead atoms. The molecule has 2 aromatic heterocycles. The van der Waals surface area contributed by atoms with Gasteiger partial charge in [-0.05, 0) is 30.2 Å². The molecule has 0 aliphatic heterocycles. The van der Waals surface area contributed by atoms with E-state index in [9.17, 15) is 4.39 Å². The zero-order chi connectivity index (χ0) is 14.3. The summed E-state index contributed by atoms with van der Waals surface area (Å²) in [6.07, 6.45) is 1.59. The molecule has 5 nitrogen and oxygen atoms in total. The maximum Gasteiger partial charge on any atom is 0.223 e. The molecule has 3 rings (SSSR count). The first-order valence-corrected chi connectivity index (χ1v) is 6.32. The molecule has 0 atom stereocenters. The van der Waals surface area contributed by atoms with Gasteiger partial charge in [0.25, 0.3) is 0 Å². The summed E-state index contributed by atoms with van der Waals surface area (Å²) in [7, 11) is 0. The molecular weight excluding hydrogens is 281 g/mol. The minimum absolute atomic E-state index is 0.0973. The number of nitrogens with two attached hydrogens (primary N) is 1. The van der Waals surface area contributed by atoms with Crippen LogP contribution in [-0.2, 0) is 6.54 Å². The van der Waals surface area contributed by atoms with E-state index in [4.69, 9.17) is 17.3 Å². The van der Waals surface area contributed by atoms with Gasteiger partial charge in [-0.3, -0.25) is 0 Å². The van der Waals surface area contributed by atoms with E-state index in [1.165, 1.54) is 12.1 Å². The Kier molecular flexibility index (Phi) is 3.02. The van der Waals surface area contributed by atoms with Gasteiger partial charge in [-0.1, -0.05) is 17.7 Å². The lowest BCUT2D eigenvalue weighted by molar-refractivity contribution is 0.623. The van der Waals surface area contributed by atoms with Crippen LogP contribution in [0.2, 0.25) is 5.15 Å². The summed E-state index contributed by atoms with van der Waals surface area (Å²) in [5.74, 6) is -0.161. The minimum Gasteiger partial charge on any atom is -0.368 e. The third-order valence-electron chi connectivity index (χ3n) is 3.09. The number of anilines is 1. The quantitative estimate of drug-likeness (QED) is 0.737. The van der Waals surface area contributed by atoms with Crippen LogP contribution in [0.4, 0.5) is 10.3 Å². The Labute approximate surface area is 119 Å². The van der Waals surface area contributed by atoms with Crippen molar-refractivity contribution < 1.29 is 4.39 Å². The lowest BCUT2D eigenvalue weighted by Crippen LogP contribution is -2.06. The molecular formula is C13H11ClFN5. The topological polar surface area (TPSA) is 69.6 Å². The van der Waals surface area contributed by atoms with Crippen molar-refractivity contribution in [2.45, 2.75) is 13.5 Å². The molecule has 0 unspecified atom stereocenters. The number of aromatic nitrogens is 4. The van der Waals surface area contributed by atoms with Crippen LogP contribution in [-0.4, -0.2) is 19.7 Å². The van der Waals surface area contributed by atoms with E-state index in [-0.39, 0.29) is 16.9 Å². The number of fused-ring (bicyclic) bond motifs is 1. The average molecular weight is 292 g/mol. The first-order valence-electron chi connectivity index (χ1n) is 5.94. The van der Waals surface area contributed by atoms with Crippen molar-refractivity contribution in [3.8, 4) is 0 Å². The molecule has 20 heavy (non-hydrogen) atoms. The molecule has 3 aromatic rings. The van der Waals surface area contributed by atoms with Crippen molar-refractivity contribution in [1.29, 1.82) is 0 Å². The molecule has 0 spiro atoms. The molecule has 0 radical (unpaired) electrons. The number of hydrogen-bond donors (Lipinski definition) is 1. The Morgan fingerprint density at radius 1 is 1.35 bits per heavy atom. The summed E-state index contributed by atoms with van der Waals surface area (Å²) in [5, 5.41) is 5.15. The molecule has 1 aromatic carbocycles. The highest BCUT2D eigenvalue weighted by Crippen LogP contribution is 2.22. The van der Waals surface area contributed by atoms with Crippen LogP contribution < -0.4 is 5.73 Å². The predicted octanol–water partition coefficient (Wildman–Crippen LogP) is 2.56. The Morgan fingerprint density at radius 3 is 2.90 bits per heavy atom. The Bertz CT molecular complexity index is 799. The third-order valence-corrected chi connectivity index (χ3v) is 3.38. The van der Waals surface area contributed by atoms with E-state index in [1.807, 2.05) is 6.92 Å². The van der Waals surface area contributed by atoms with Crippen LogP contribution in [0.15, 0.2) is 24.4 Å². The highest BCUT2D eigenvalue weighted by molar-refractivity contribution is 6.34. The number of aryl methyl sites for hydroxylation is 1. The van der Waals surface area contributed by atoms with Crippen molar-refractivity contribution in [3.05, 3.63) is 46.5 Å². The van der Waals surface area contributed by atoms with E-state index < -0.39 is 0 Å². The van der Waals surface area contributed by atoms with Gasteiger partial charge in [-0.15, -0.1) is 0 Å². The number of nitrogens with zero attached hydrogens (tertiary/aromatic N) is 4. The fourth-order valence-corrected chi connectivity index (χ4v) is 2.27. The van der Waals surface area contributed by atoms with E-state index in [2.05, 4.69) is 15.1 Å². The molecule has 0 aliphatic rings. The van der Waals surface area contributed by atoms with E-state index in [0.29, 0.717) is 17.6 Å². The number of hydrogen-bond acceptors (Lipinski definition) is 4. The number of halogens is 2. The monoisotopic (exact) mass is 291 g/mol. The summed E-state index contributed by atoms with van der Waals surface area (Å²) >= 11 is 6.00. The Balaban J connectivity index is 2.07. The highest BCUT2D eigenvalue weighted by Gasteiger charge is 2.11. The van der Waals surface area contributed by atoms with E-state index in [0.717, 1.165) is 11.1 Å². The summed E-state index contributed by atoms with van der Waals surface area (Å²) in [4.78, 5) is 8.03. The Morgan fingerprint density at radius 2 is 2.15 bits per heavy atom. The molecule has 2 N–H and O–H groups in total. The molecule has 0 saturated heterocycles. The number of rotatable bonds is 2. The van der Waals surface area contributed by atoms with Gasteiger partial charge < -0.3 is 5.73 Å².